The first-order valence-corrected chi connectivity index (χ1v) is 7.34. The Morgan fingerprint density at radius 1 is 1.29 bits per heavy atom. The Morgan fingerprint density at radius 2 is 2.00 bits per heavy atom. The maximum absolute atomic E-state index is 12.8. The largest absolute Gasteiger partial charge is 0.481 e. The predicted molar refractivity (Wildman–Crippen MR) is 82.3 cm³/mol. The fourth-order valence-corrected chi connectivity index (χ4v) is 2.34. The van der Waals surface area contributed by atoms with Gasteiger partial charge in [0.05, 0.1) is 18.0 Å². The van der Waals surface area contributed by atoms with Gasteiger partial charge in [0, 0.05) is 12.1 Å². The van der Waals surface area contributed by atoms with Crippen LogP contribution in [0.5, 0.6) is 0 Å². The third kappa shape index (κ3) is 4.61. The van der Waals surface area contributed by atoms with Crippen molar-refractivity contribution in [2.24, 2.45) is 5.92 Å². The second kappa shape index (κ2) is 7.09. The van der Waals surface area contributed by atoms with Crippen molar-refractivity contribution in [1.29, 1.82) is 0 Å². The zero-order valence-corrected chi connectivity index (χ0v) is 13.3. The van der Waals surface area contributed by atoms with Gasteiger partial charge in [0.25, 0.3) is 0 Å². The number of hydrogen-bond acceptors (Lipinski definition) is 3. The van der Waals surface area contributed by atoms with E-state index < -0.39 is 23.6 Å². The van der Waals surface area contributed by atoms with Crippen molar-refractivity contribution in [2.45, 2.75) is 19.6 Å². The molecule has 2 aromatic rings. The summed E-state index contributed by atoms with van der Waals surface area (Å²) in [4.78, 5) is 12.6. The summed E-state index contributed by atoms with van der Waals surface area (Å²) >= 11 is 0. The molecule has 0 amide bonds. The Kier molecular flexibility index (Phi) is 5.33. The van der Waals surface area contributed by atoms with E-state index in [1.54, 1.807) is 37.1 Å². The number of carboxylic acids is 1. The highest BCUT2D eigenvalue weighted by Gasteiger charge is 2.30. The van der Waals surface area contributed by atoms with E-state index in [0.717, 1.165) is 12.1 Å². The Morgan fingerprint density at radius 3 is 2.62 bits per heavy atom. The van der Waals surface area contributed by atoms with E-state index in [0.29, 0.717) is 30.2 Å². The van der Waals surface area contributed by atoms with Crippen molar-refractivity contribution in [3.63, 3.8) is 0 Å². The molecule has 0 saturated carbocycles. The molecule has 0 bridgehead atoms. The molecule has 0 radical (unpaired) electrons. The van der Waals surface area contributed by atoms with Crippen LogP contribution in [-0.4, -0.2) is 29.6 Å². The summed E-state index contributed by atoms with van der Waals surface area (Å²) in [6.45, 7) is 2.32. The highest BCUT2D eigenvalue weighted by Crippen LogP contribution is 2.32. The molecule has 1 aromatic heterocycles. The molecule has 1 aromatic carbocycles. The number of aliphatic carboxylic acids is 1. The number of alkyl halides is 3. The van der Waals surface area contributed by atoms with Crippen molar-refractivity contribution in [2.75, 3.05) is 13.6 Å². The minimum Gasteiger partial charge on any atom is -0.481 e. The van der Waals surface area contributed by atoms with E-state index in [1.807, 2.05) is 0 Å². The van der Waals surface area contributed by atoms with Gasteiger partial charge >= 0.3 is 12.1 Å². The van der Waals surface area contributed by atoms with E-state index in [2.05, 4.69) is 0 Å². The molecule has 2 rings (SSSR count). The van der Waals surface area contributed by atoms with Crippen LogP contribution in [0.2, 0.25) is 0 Å². The van der Waals surface area contributed by atoms with Gasteiger partial charge in [-0.2, -0.15) is 13.2 Å². The number of nitrogens with zero attached hydrogens (tertiary/aromatic N) is 1. The van der Waals surface area contributed by atoms with Crippen LogP contribution in [0.25, 0.3) is 11.3 Å². The number of halogens is 3. The molecule has 7 heteroatoms. The number of hydrogen-bond donors (Lipinski definition) is 1. The minimum absolute atomic E-state index is 0.342. The van der Waals surface area contributed by atoms with Gasteiger partial charge in [-0.25, -0.2) is 0 Å². The summed E-state index contributed by atoms with van der Waals surface area (Å²) in [5.74, 6) is -0.503. The third-order valence-electron chi connectivity index (χ3n) is 3.57. The molecule has 1 heterocycles. The molecule has 0 aliphatic rings. The quantitative estimate of drug-likeness (QED) is 0.859. The molecule has 1 atom stereocenters. The fourth-order valence-electron chi connectivity index (χ4n) is 2.34. The van der Waals surface area contributed by atoms with Crippen molar-refractivity contribution < 1.29 is 27.5 Å². The van der Waals surface area contributed by atoms with E-state index >= 15 is 0 Å². The number of carboxylic acid groups (broad SMARTS) is 1. The van der Waals surface area contributed by atoms with Crippen LogP contribution in [0.3, 0.4) is 0 Å². The zero-order valence-electron chi connectivity index (χ0n) is 13.3. The van der Waals surface area contributed by atoms with Crippen molar-refractivity contribution in [1.82, 2.24) is 4.90 Å². The summed E-state index contributed by atoms with van der Waals surface area (Å²) in [6, 6.07) is 8.22. The molecule has 0 aliphatic heterocycles. The second-order valence-corrected chi connectivity index (χ2v) is 5.78. The average molecular weight is 341 g/mol. The summed E-state index contributed by atoms with van der Waals surface area (Å²) in [5, 5.41) is 8.90. The molecule has 0 spiro atoms. The number of benzene rings is 1. The lowest BCUT2D eigenvalue weighted by atomic mass is 10.1. The normalized spacial score (nSPS) is 13.2. The lowest BCUT2D eigenvalue weighted by Gasteiger charge is -2.17. The van der Waals surface area contributed by atoms with Gasteiger partial charge in [0.1, 0.15) is 11.5 Å². The highest BCUT2D eigenvalue weighted by atomic mass is 19.4. The molecule has 4 nitrogen and oxygen atoms in total. The van der Waals surface area contributed by atoms with Gasteiger partial charge in [-0.05, 0) is 31.3 Å². The molecular weight excluding hydrogens is 323 g/mol. The van der Waals surface area contributed by atoms with Crippen LogP contribution in [0.1, 0.15) is 18.2 Å². The van der Waals surface area contributed by atoms with Gasteiger partial charge in [-0.15, -0.1) is 0 Å². The molecule has 1 unspecified atom stereocenters. The highest BCUT2D eigenvalue weighted by molar-refractivity contribution is 5.69. The van der Waals surface area contributed by atoms with E-state index in [4.69, 9.17) is 9.52 Å². The monoisotopic (exact) mass is 341 g/mol. The van der Waals surface area contributed by atoms with Crippen LogP contribution in [0, 0.1) is 5.92 Å². The first-order chi connectivity index (χ1) is 11.2. The first-order valence-electron chi connectivity index (χ1n) is 7.34. The Balaban J connectivity index is 2.09. The zero-order chi connectivity index (χ0) is 17.9. The molecule has 24 heavy (non-hydrogen) atoms. The summed E-state index contributed by atoms with van der Waals surface area (Å²) in [7, 11) is 1.76. The van der Waals surface area contributed by atoms with E-state index in [1.165, 1.54) is 6.07 Å². The maximum Gasteiger partial charge on any atom is 0.416 e. The summed E-state index contributed by atoms with van der Waals surface area (Å²) in [5.41, 5.74) is -0.386. The lowest BCUT2D eigenvalue weighted by molar-refractivity contribution is -0.141. The Bertz CT molecular complexity index is 709. The average Bonchev–Trinajstić information content (AvgIpc) is 2.94. The second-order valence-electron chi connectivity index (χ2n) is 5.78. The van der Waals surface area contributed by atoms with Crippen molar-refractivity contribution in [3.8, 4) is 11.3 Å². The van der Waals surface area contributed by atoms with Crippen LogP contribution >= 0.6 is 0 Å². The molecule has 0 aliphatic carbocycles. The Labute approximate surface area is 137 Å². The van der Waals surface area contributed by atoms with Crippen LogP contribution < -0.4 is 0 Å². The van der Waals surface area contributed by atoms with Gasteiger partial charge < -0.3 is 9.52 Å². The maximum atomic E-state index is 12.8. The smallest absolute Gasteiger partial charge is 0.416 e. The first kappa shape index (κ1) is 18.1. The fraction of sp³-hybridized carbons (Fsp3) is 0.353. The minimum atomic E-state index is -4.40. The predicted octanol–water partition coefficient (Wildman–Crippen LogP) is 4.12. The number of rotatable bonds is 6. The molecular formula is C17H18F3NO3. The lowest BCUT2D eigenvalue weighted by Crippen LogP contribution is -2.28. The SMILES string of the molecule is CC(CN(C)Cc1ccc(-c2cccc(C(F)(F)F)c2)o1)C(=O)O. The standard InChI is InChI=1S/C17H18F3NO3/c1-11(16(22)23)9-21(2)10-14-6-7-15(24-14)12-4-3-5-13(8-12)17(18,19)20/h3-8,11H,9-10H2,1-2H3,(H,22,23). The van der Waals surface area contributed by atoms with Crippen LogP contribution in [0.4, 0.5) is 13.2 Å². The molecule has 0 saturated heterocycles. The summed E-state index contributed by atoms with van der Waals surface area (Å²) in [6.07, 6.45) is -4.40. The van der Waals surface area contributed by atoms with Crippen LogP contribution in [0.15, 0.2) is 40.8 Å². The summed E-state index contributed by atoms with van der Waals surface area (Å²) < 4.78 is 43.9. The molecule has 0 fully saturated rings. The van der Waals surface area contributed by atoms with Gasteiger partial charge in [0.2, 0.25) is 0 Å². The van der Waals surface area contributed by atoms with Crippen LogP contribution in [-0.2, 0) is 17.5 Å². The third-order valence-corrected chi connectivity index (χ3v) is 3.57. The van der Waals surface area contributed by atoms with Crippen molar-refractivity contribution in [3.05, 3.63) is 47.7 Å². The van der Waals surface area contributed by atoms with Gasteiger partial charge in [0.15, 0.2) is 0 Å². The topological polar surface area (TPSA) is 53.7 Å². The van der Waals surface area contributed by atoms with Gasteiger partial charge in [-0.1, -0.05) is 19.1 Å². The van der Waals surface area contributed by atoms with E-state index in [9.17, 15) is 18.0 Å². The van der Waals surface area contributed by atoms with Gasteiger partial charge in [-0.3, -0.25) is 9.69 Å². The molecule has 1 N–H and O–H groups in total. The van der Waals surface area contributed by atoms with Crippen molar-refractivity contribution >= 4 is 5.97 Å². The number of furan rings is 1. The molecule has 130 valence electrons. The number of carbonyl (C=O) groups is 1. The van der Waals surface area contributed by atoms with E-state index in [-0.39, 0.29) is 0 Å². The Hall–Kier alpha value is -2.28.